The van der Waals surface area contributed by atoms with Gasteiger partial charge in [0.15, 0.2) is 0 Å². The molecule has 1 aliphatic heterocycles. The number of sulfonamides is 1. The second-order valence-electron chi connectivity index (χ2n) is 5.90. The van der Waals surface area contributed by atoms with E-state index in [-0.39, 0.29) is 5.37 Å². The van der Waals surface area contributed by atoms with Crippen molar-refractivity contribution >= 4 is 44.2 Å². The highest BCUT2D eigenvalue weighted by molar-refractivity contribution is 8.01. The molecule has 0 saturated carbocycles. The Morgan fingerprint density at radius 3 is 2.44 bits per heavy atom. The van der Waals surface area contributed by atoms with E-state index in [2.05, 4.69) is 0 Å². The first-order valence-electron chi connectivity index (χ1n) is 7.93. The lowest BCUT2D eigenvalue weighted by Crippen LogP contribution is -2.30. The molecule has 4 rings (SSSR count). The number of rotatable bonds is 3. The van der Waals surface area contributed by atoms with Crippen LogP contribution in [0.4, 0.5) is 0 Å². The Morgan fingerprint density at radius 2 is 1.68 bits per heavy atom. The van der Waals surface area contributed by atoms with Gasteiger partial charge in [-0.25, -0.2) is 8.42 Å². The Bertz CT molecular complexity index is 1020. The molecule has 6 heteroatoms. The van der Waals surface area contributed by atoms with E-state index in [1.807, 2.05) is 42.5 Å². The van der Waals surface area contributed by atoms with Crippen LogP contribution in [0.1, 0.15) is 10.9 Å². The van der Waals surface area contributed by atoms with Crippen LogP contribution in [0.15, 0.2) is 71.6 Å². The maximum Gasteiger partial charge on any atom is 0.244 e. The summed E-state index contributed by atoms with van der Waals surface area (Å²) in [5, 5.41) is 2.40. The second-order valence-corrected chi connectivity index (χ2v) is 9.41. The minimum absolute atomic E-state index is 0.214. The third-order valence-electron chi connectivity index (χ3n) is 4.33. The summed E-state index contributed by atoms with van der Waals surface area (Å²) in [6.07, 6.45) is 0. The molecule has 1 unspecified atom stereocenters. The van der Waals surface area contributed by atoms with Crippen LogP contribution in [0.5, 0.6) is 0 Å². The van der Waals surface area contributed by atoms with Gasteiger partial charge in [0.2, 0.25) is 10.0 Å². The third-order valence-corrected chi connectivity index (χ3v) is 7.84. The molecule has 0 N–H and O–H groups in total. The topological polar surface area (TPSA) is 37.4 Å². The van der Waals surface area contributed by atoms with E-state index >= 15 is 0 Å². The summed E-state index contributed by atoms with van der Waals surface area (Å²) in [5.41, 5.74) is 0.955. The van der Waals surface area contributed by atoms with Gasteiger partial charge in [0, 0.05) is 17.3 Å². The maximum absolute atomic E-state index is 13.2. The zero-order valence-electron chi connectivity index (χ0n) is 13.3. The summed E-state index contributed by atoms with van der Waals surface area (Å²) in [5.74, 6) is 0.778. The van der Waals surface area contributed by atoms with Gasteiger partial charge in [0.1, 0.15) is 0 Å². The molecule has 0 radical (unpaired) electrons. The normalized spacial score (nSPS) is 18.7. The molecule has 1 saturated heterocycles. The molecule has 3 aromatic carbocycles. The summed E-state index contributed by atoms with van der Waals surface area (Å²) in [4.78, 5) is 0.340. The highest BCUT2D eigenvalue weighted by atomic mass is 35.5. The monoisotopic (exact) mass is 389 g/mol. The van der Waals surface area contributed by atoms with Crippen molar-refractivity contribution in [1.29, 1.82) is 0 Å². The van der Waals surface area contributed by atoms with Crippen LogP contribution < -0.4 is 0 Å². The molecule has 0 amide bonds. The van der Waals surface area contributed by atoms with Gasteiger partial charge in [-0.15, -0.1) is 11.8 Å². The fourth-order valence-electron chi connectivity index (χ4n) is 3.05. The van der Waals surface area contributed by atoms with Gasteiger partial charge >= 0.3 is 0 Å². The van der Waals surface area contributed by atoms with Gasteiger partial charge in [-0.3, -0.25) is 0 Å². The fraction of sp³-hybridized carbons (Fsp3) is 0.158. The number of halogens is 1. The van der Waals surface area contributed by atoms with Crippen molar-refractivity contribution in [3.8, 4) is 0 Å². The number of hydrogen-bond donors (Lipinski definition) is 0. The van der Waals surface area contributed by atoms with Crippen LogP contribution in [0.3, 0.4) is 0 Å². The average Bonchev–Trinajstić information content (AvgIpc) is 3.12. The van der Waals surface area contributed by atoms with Crippen molar-refractivity contribution in [1.82, 2.24) is 4.31 Å². The van der Waals surface area contributed by atoms with Crippen molar-refractivity contribution in [2.75, 3.05) is 12.3 Å². The second kappa shape index (κ2) is 6.65. The van der Waals surface area contributed by atoms with E-state index in [0.717, 1.165) is 22.1 Å². The van der Waals surface area contributed by atoms with Gasteiger partial charge in [0.25, 0.3) is 0 Å². The van der Waals surface area contributed by atoms with E-state index in [0.29, 0.717) is 16.5 Å². The summed E-state index contributed by atoms with van der Waals surface area (Å²) in [6.45, 7) is 0.507. The van der Waals surface area contributed by atoms with Gasteiger partial charge < -0.3 is 0 Å². The van der Waals surface area contributed by atoms with Gasteiger partial charge in [0.05, 0.1) is 10.3 Å². The predicted molar refractivity (Wildman–Crippen MR) is 104 cm³/mol. The first-order valence-corrected chi connectivity index (χ1v) is 10.8. The quantitative estimate of drug-likeness (QED) is 0.637. The zero-order chi connectivity index (χ0) is 17.4. The van der Waals surface area contributed by atoms with Crippen molar-refractivity contribution in [2.24, 2.45) is 0 Å². The minimum atomic E-state index is -3.56. The molecule has 0 spiro atoms. The van der Waals surface area contributed by atoms with Crippen molar-refractivity contribution in [3.05, 3.63) is 77.3 Å². The molecule has 3 nitrogen and oxygen atoms in total. The van der Waals surface area contributed by atoms with Crippen LogP contribution >= 0.6 is 23.4 Å². The lowest BCUT2D eigenvalue weighted by atomic mass is 10.1. The van der Waals surface area contributed by atoms with E-state index < -0.39 is 10.0 Å². The molecule has 1 heterocycles. The molecule has 25 heavy (non-hydrogen) atoms. The van der Waals surface area contributed by atoms with Gasteiger partial charge in [-0.05, 0) is 40.6 Å². The lowest BCUT2D eigenvalue weighted by Gasteiger charge is -2.23. The van der Waals surface area contributed by atoms with Crippen molar-refractivity contribution in [3.63, 3.8) is 0 Å². The Labute approximate surface area is 156 Å². The SMILES string of the molecule is O=S(=O)(c1ccc2ccccc2c1)N1CCSC1c1ccc(Cl)cc1. The Kier molecular flexibility index (Phi) is 4.50. The standard InChI is InChI=1S/C19H16ClNO2S2/c20-17-8-5-15(6-9-17)19-21(11-12-24-19)25(22,23)18-10-7-14-3-1-2-4-16(14)13-18/h1-10,13,19H,11-12H2. The maximum atomic E-state index is 13.2. The smallest absolute Gasteiger partial charge is 0.207 e. The molecular formula is C19H16ClNO2S2. The molecule has 0 bridgehead atoms. The van der Waals surface area contributed by atoms with E-state index in [9.17, 15) is 8.42 Å². The number of benzene rings is 3. The fourth-order valence-corrected chi connectivity index (χ4v) is 6.46. The Balaban J connectivity index is 1.73. The van der Waals surface area contributed by atoms with Crippen LogP contribution in [0.25, 0.3) is 10.8 Å². The molecule has 128 valence electrons. The number of fused-ring (bicyclic) bond motifs is 1. The highest BCUT2D eigenvalue weighted by Gasteiger charge is 2.36. The van der Waals surface area contributed by atoms with Crippen LogP contribution in [0, 0.1) is 0 Å². The summed E-state index contributed by atoms with van der Waals surface area (Å²) < 4.78 is 28.0. The van der Waals surface area contributed by atoms with Crippen molar-refractivity contribution in [2.45, 2.75) is 10.3 Å². The molecular weight excluding hydrogens is 374 g/mol. The minimum Gasteiger partial charge on any atom is -0.207 e. The van der Waals surface area contributed by atoms with Crippen LogP contribution in [-0.2, 0) is 10.0 Å². The molecule has 1 aliphatic rings. The summed E-state index contributed by atoms with van der Waals surface area (Å²) in [6, 6.07) is 20.5. The lowest BCUT2D eigenvalue weighted by molar-refractivity contribution is 0.434. The number of hydrogen-bond acceptors (Lipinski definition) is 3. The first kappa shape index (κ1) is 16.9. The number of nitrogens with zero attached hydrogens (tertiary/aromatic N) is 1. The molecule has 1 fully saturated rings. The van der Waals surface area contributed by atoms with Gasteiger partial charge in [-0.1, -0.05) is 54.1 Å². The molecule has 1 atom stereocenters. The van der Waals surface area contributed by atoms with Crippen LogP contribution in [-0.4, -0.2) is 25.0 Å². The van der Waals surface area contributed by atoms with E-state index in [4.69, 9.17) is 11.6 Å². The van der Waals surface area contributed by atoms with E-state index in [1.165, 1.54) is 0 Å². The average molecular weight is 390 g/mol. The molecule has 3 aromatic rings. The zero-order valence-corrected chi connectivity index (χ0v) is 15.7. The first-order chi connectivity index (χ1) is 12.1. The largest absolute Gasteiger partial charge is 0.244 e. The molecule has 0 aromatic heterocycles. The van der Waals surface area contributed by atoms with Gasteiger partial charge in [-0.2, -0.15) is 4.31 Å². The number of thioether (sulfide) groups is 1. The Hall–Kier alpha value is -1.53. The Morgan fingerprint density at radius 1 is 0.960 bits per heavy atom. The third kappa shape index (κ3) is 3.17. The van der Waals surface area contributed by atoms with E-state index in [1.54, 1.807) is 40.3 Å². The predicted octanol–water partition coefficient (Wildman–Crippen LogP) is 4.93. The summed E-state index contributed by atoms with van der Waals surface area (Å²) in [7, 11) is -3.56. The molecule has 0 aliphatic carbocycles. The van der Waals surface area contributed by atoms with Crippen molar-refractivity contribution < 1.29 is 8.42 Å². The van der Waals surface area contributed by atoms with Crippen LogP contribution in [0.2, 0.25) is 5.02 Å². The highest BCUT2D eigenvalue weighted by Crippen LogP contribution is 2.41. The summed E-state index contributed by atoms with van der Waals surface area (Å²) >= 11 is 7.60.